The van der Waals surface area contributed by atoms with E-state index in [0.717, 1.165) is 38.2 Å². The Bertz CT molecular complexity index is 1160. The molecule has 1 aromatic heterocycles. The highest BCUT2D eigenvalue weighted by molar-refractivity contribution is 5.59. The number of aromatic nitrogens is 2. The molecule has 0 radical (unpaired) electrons. The van der Waals surface area contributed by atoms with Crippen LogP contribution >= 0.6 is 0 Å². The van der Waals surface area contributed by atoms with Crippen LogP contribution in [0, 0.1) is 5.82 Å². The minimum Gasteiger partial charge on any atom is -0.490 e. The number of nitrogens with zero attached hydrogens (tertiary/aromatic N) is 4. The van der Waals surface area contributed by atoms with Crippen LogP contribution in [0.4, 0.5) is 35.0 Å². The number of hydrogen-bond acceptors (Lipinski definition) is 7. The number of piperidine rings is 2. The van der Waals surface area contributed by atoms with Crippen LogP contribution in [0.3, 0.4) is 0 Å². The molecule has 0 aliphatic carbocycles. The number of likely N-dealkylation sites (tertiary alicyclic amines) is 2. The smallest absolute Gasteiger partial charge is 0.420 e. The maximum absolute atomic E-state index is 14.7. The van der Waals surface area contributed by atoms with Crippen molar-refractivity contribution in [3.8, 4) is 5.75 Å². The molecule has 4 rings (SSSR count). The Balaban J connectivity index is 1.49. The molecule has 7 nitrogen and oxygen atoms in total. The van der Waals surface area contributed by atoms with E-state index in [2.05, 4.69) is 79.0 Å². The fourth-order valence-corrected chi connectivity index (χ4v) is 5.95. The lowest BCUT2D eigenvalue weighted by molar-refractivity contribution is -0.139. The average molecular weight is 567 g/mol. The van der Waals surface area contributed by atoms with Gasteiger partial charge in [-0.25, -0.2) is 9.37 Å². The number of halogens is 4. The zero-order chi connectivity index (χ0) is 29.5. The van der Waals surface area contributed by atoms with Crippen LogP contribution in [0.5, 0.6) is 5.75 Å². The third-order valence-electron chi connectivity index (χ3n) is 8.43. The molecular weight excluding hydrogens is 524 g/mol. The highest BCUT2D eigenvalue weighted by atomic mass is 19.4. The number of alkyl halides is 3. The van der Waals surface area contributed by atoms with Crippen LogP contribution in [0.1, 0.15) is 72.8 Å². The van der Waals surface area contributed by atoms with Gasteiger partial charge in [-0.3, -0.25) is 4.90 Å². The Kier molecular flexibility index (Phi) is 8.57. The molecule has 0 spiro atoms. The predicted molar refractivity (Wildman–Crippen MR) is 150 cm³/mol. The Hall–Kier alpha value is -2.66. The van der Waals surface area contributed by atoms with Crippen LogP contribution in [-0.2, 0) is 6.18 Å². The Morgan fingerprint density at radius 1 is 1.05 bits per heavy atom. The number of benzene rings is 1. The number of anilines is 3. The molecule has 3 heterocycles. The standard InChI is InChI=1S/C29H42F4N6O/c1-18(2)39-12-10-21(11-13-39)40-24-9-8-19(14-22(24)29(31,32)33)36-26-34-17-23(30)25(37-26)35-20-15-27(3,4)38(7)28(5,6)16-20/h8-9,14,17-18,20-21H,10-13,15-16H2,1-7H3,(H2,34,35,36,37). The van der Waals surface area contributed by atoms with Gasteiger partial charge in [0.2, 0.25) is 5.95 Å². The van der Waals surface area contributed by atoms with Crippen LogP contribution in [-0.4, -0.2) is 69.2 Å². The summed E-state index contributed by atoms with van der Waals surface area (Å²) >= 11 is 0. The van der Waals surface area contributed by atoms with Gasteiger partial charge in [0.15, 0.2) is 11.6 Å². The largest absolute Gasteiger partial charge is 0.490 e. The molecule has 0 bridgehead atoms. The molecule has 2 fully saturated rings. The van der Waals surface area contributed by atoms with Crippen molar-refractivity contribution in [1.82, 2.24) is 19.8 Å². The van der Waals surface area contributed by atoms with E-state index in [4.69, 9.17) is 4.74 Å². The van der Waals surface area contributed by atoms with Gasteiger partial charge in [0, 0.05) is 41.9 Å². The van der Waals surface area contributed by atoms with Crippen molar-refractivity contribution in [2.24, 2.45) is 0 Å². The first-order valence-corrected chi connectivity index (χ1v) is 14.0. The average Bonchev–Trinajstić information content (AvgIpc) is 2.85. The zero-order valence-corrected chi connectivity index (χ0v) is 24.5. The van der Waals surface area contributed by atoms with Crippen LogP contribution in [0.15, 0.2) is 24.4 Å². The summed E-state index contributed by atoms with van der Waals surface area (Å²) in [5.41, 5.74) is -0.978. The monoisotopic (exact) mass is 566 g/mol. The lowest BCUT2D eigenvalue weighted by Gasteiger charge is -2.53. The lowest BCUT2D eigenvalue weighted by atomic mass is 9.77. The summed E-state index contributed by atoms with van der Waals surface area (Å²) in [6.07, 6.45) is -0.998. The molecule has 11 heteroatoms. The molecule has 0 unspecified atom stereocenters. The van der Waals surface area contributed by atoms with E-state index in [1.165, 1.54) is 12.1 Å². The van der Waals surface area contributed by atoms with Gasteiger partial charge in [0.1, 0.15) is 11.9 Å². The van der Waals surface area contributed by atoms with Crippen molar-refractivity contribution in [1.29, 1.82) is 0 Å². The molecule has 0 atom stereocenters. The van der Waals surface area contributed by atoms with Gasteiger partial charge in [-0.15, -0.1) is 0 Å². The minimum absolute atomic E-state index is 0.00167. The van der Waals surface area contributed by atoms with Crippen molar-refractivity contribution in [3.63, 3.8) is 0 Å². The molecule has 2 aliphatic heterocycles. The van der Waals surface area contributed by atoms with E-state index < -0.39 is 17.6 Å². The van der Waals surface area contributed by atoms with E-state index in [9.17, 15) is 17.6 Å². The first-order chi connectivity index (χ1) is 18.5. The molecule has 40 heavy (non-hydrogen) atoms. The molecule has 2 aromatic rings. The molecule has 2 saturated heterocycles. The highest BCUT2D eigenvalue weighted by Crippen LogP contribution is 2.40. The van der Waals surface area contributed by atoms with Crippen molar-refractivity contribution >= 4 is 17.5 Å². The topological polar surface area (TPSA) is 65.6 Å². The van der Waals surface area contributed by atoms with Gasteiger partial charge in [-0.05, 0) is 92.5 Å². The molecular formula is C29H42F4N6O. The fraction of sp³-hybridized carbons (Fsp3) is 0.655. The second kappa shape index (κ2) is 11.3. The highest BCUT2D eigenvalue weighted by Gasteiger charge is 2.43. The van der Waals surface area contributed by atoms with Gasteiger partial charge in [-0.1, -0.05) is 0 Å². The third kappa shape index (κ3) is 6.97. The minimum atomic E-state index is -4.62. The predicted octanol–water partition coefficient (Wildman–Crippen LogP) is 6.69. The van der Waals surface area contributed by atoms with E-state index >= 15 is 0 Å². The molecule has 2 N–H and O–H groups in total. The fourth-order valence-electron chi connectivity index (χ4n) is 5.95. The second-order valence-electron chi connectivity index (χ2n) is 12.6. The van der Waals surface area contributed by atoms with Crippen molar-refractivity contribution in [2.45, 2.75) is 103 Å². The summed E-state index contributed by atoms with van der Waals surface area (Å²) in [5.74, 6) is -0.806. The van der Waals surface area contributed by atoms with Gasteiger partial charge < -0.3 is 20.3 Å². The summed E-state index contributed by atoms with van der Waals surface area (Å²) in [6, 6.07) is 4.16. The van der Waals surface area contributed by atoms with E-state index in [1.807, 2.05) is 0 Å². The Morgan fingerprint density at radius 3 is 2.25 bits per heavy atom. The van der Waals surface area contributed by atoms with Crippen molar-refractivity contribution in [2.75, 3.05) is 30.8 Å². The molecule has 0 amide bonds. The van der Waals surface area contributed by atoms with Crippen molar-refractivity contribution in [3.05, 3.63) is 35.8 Å². The maximum Gasteiger partial charge on any atom is 0.420 e. The van der Waals surface area contributed by atoms with E-state index in [-0.39, 0.29) is 46.4 Å². The Morgan fingerprint density at radius 2 is 1.68 bits per heavy atom. The zero-order valence-electron chi connectivity index (χ0n) is 24.5. The number of nitrogens with one attached hydrogen (secondary N) is 2. The molecule has 1 aromatic carbocycles. The van der Waals surface area contributed by atoms with Gasteiger partial charge in [-0.2, -0.15) is 18.2 Å². The lowest BCUT2D eigenvalue weighted by Crippen LogP contribution is -2.61. The van der Waals surface area contributed by atoms with Crippen LogP contribution in [0.25, 0.3) is 0 Å². The normalized spacial score (nSPS) is 21.0. The van der Waals surface area contributed by atoms with Crippen LogP contribution in [0.2, 0.25) is 0 Å². The van der Waals surface area contributed by atoms with Gasteiger partial charge >= 0.3 is 6.18 Å². The first-order valence-electron chi connectivity index (χ1n) is 14.0. The van der Waals surface area contributed by atoms with E-state index in [0.29, 0.717) is 18.9 Å². The SMILES string of the molecule is CC(C)N1CCC(Oc2ccc(Nc3ncc(F)c(NC4CC(C)(C)N(C)C(C)(C)C4)n3)cc2C(F)(F)F)CC1. The molecule has 0 saturated carbocycles. The van der Waals surface area contributed by atoms with Gasteiger partial charge in [0.05, 0.1) is 11.8 Å². The molecule has 222 valence electrons. The quantitative estimate of drug-likeness (QED) is 0.362. The summed E-state index contributed by atoms with van der Waals surface area (Å²) in [5, 5.41) is 6.02. The number of ether oxygens (including phenoxy) is 1. The van der Waals surface area contributed by atoms with Crippen molar-refractivity contribution < 1.29 is 22.3 Å². The molecule has 2 aliphatic rings. The summed E-state index contributed by atoms with van der Waals surface area (Å²) in [7, 11) is 2.09. The number of hydrogen-bond donors (Lipinski definition) is 2. The maximum atomic E-state index is 14.7. The van der Waals surface area contributed by atoms with Gasteiger partial charge in [0.25, 0.3) is 0 Å². The summed E-state index contributed by atoms with van der Waals surface area (Å²) < 4.78 is 62.6. The summed E-state index contributed by atoms with van der Waals surface area (Å²) in [4.78, 5) is 12.8. The Labute approximate surface area is 234 Å². The second-order valence-corrected chi connectivity index (χ2v) is 12.6. The first kappa shape index (κ1) is 30.3. The number of rotatable bonds is 7. The summed E-state index contributed by atoms with van der Waals surface area (Å²) in [6.45, 7) is 14.4. The van der Waals surface area contributed by atoms with Crippen LogP contribution < -0.4 is 15.4 Å². The van der Waals surface area contributed by atoms with E-state index in [1.54, 1.807) is 0 Å². The third-order valence-corrected chi connectivity index (χ3v) is 8.43.